The number of rotatable bonds is 1. The molecule has 1 unspecified atom stereocenters. The highest BCUT2D eigenvalue weighted by atomic mass is 19.1. The van der Waals surface area contributed by atoms with Crippen LogP contribution in [-0.2, 0) is 0 Å². The first-order valence-electron chi connectivity index (χ1n) is 4.73. The molecule has 2 N–H and O–H groups in total. The number of halogens is 3. The van der Waals surface area contributed by atoms with Crippen LogP contribution in [0.15, 0.2) is 12.1 Å². The molecule has 1 fully saturated rings. The van der Waals surface area contributed by atoms with Crippen molar-refractivity contribution in [1.29, 1.82) is 0 Å². The van der Waals surface area contributed by atoms with E-state index in [9.17, 15) is 13.2 Å². The molecule has 1 atom stereocenters. The predicted molar refractivity (Wildman–Crippen MR) is 51.1 cm³/mol. The summed E-state index contributed by atoms with van der Waals surface area (Å²) in [7, 11) is 0. The fourth-order valence-corrected chi connectivity index (χ4v) is 1.83. The summed E-state index contributed by atoms with van der Waals surface area (Å²) in [5.41, 5.74) is 5.46. The van der Waals surface area contributed by atoms with Crippen molar-refractivity contribution in [1.82, 2.24) is 0 Å². The summed E-state index contributed by atoms with van der Waals surface area (Å²) >= 11 is 0. The van der Waals surface area contributed by atoms with Crippen molar-refractivity contribution in [2.24, 2.45) is 5.73 Å². The van der Waals surface area contributed by atoms with Gasteiger partial charge in [-0.3, -0.25) is 0 Å². The number of benzene rings is 1. The molecule has 1 aromatic carbocycles. The van der Waals surface area contributed by atoms with Gasteiger partial charge in [-0.05, 0) is 6.42 Å². The zero-order valence-electron chi connectivity index (χ0n) is 8.01. The maximum atomic E-state index is 13.3. The molecule has 0 spiro atoms. The molecule has 1 aliphatic heterocycles. The fraction of sp³-hybridized carbons (Fsp3) is 0.400. The van der Waals surface area contributed by atoms with Gasteiger partial charge >= 0.3 is 0 Å². The van der Waals surface area contributed by atoms with Gasteiger partial charge in [0.15, 0.2) is 11.6 Å². The molecule has 82 valence electrons. The molecule has 0 saturated carbocycles. The van der Waals surface area contributed by atoms with Gasteiger partial charge in [0, 0.05) is 31.3 Å². The van der Waals surface area contributed by atoms with Crippen LogP contribution in [0.2, 0.25) is 0 Å². The Hall–Kier alpha value is -1.23. The van der Waals surface area contributed by atoms with Gasteiger partial charge in [-0.25, -0.2) is 13.2 Å². The van der Waals surface area contributed by atoms with Gasteiger partial charge in [0.1, 0.15) is 11.5 Å². The molecule has 1 heterocycles. The third kappa shape index (κ3) is 1.92. The second kappa shape index (κ2) is 3.73. The summed E-state index contributed by atoms with van der Waals surface area (Å²) in [4.78, 5) is 1.51. The average molecular weight is 216 g/mol. The summed E-state index contributed by atoms with van der Waals surface area (Å²) in [5.74, 6) is -2.65. The molecule has 0 aromatic heterocycles. The van der Waals surface area contributed by atoms with Crippen LogP contribution in [0.4, 0.5) is 18.9 Å². The van der Waals surface area contributed by atoms with Crippen LogP contribution in [0, 0.1) is 17.5 Å². The minimum Gasteiger partial charge on any atom is -0.365 e. The molecule has 1 aliphatic rings. The van der Waals surface area contributed by atoms with E-state index in [1.165, 1.54) is 4.90 Å². The van der Waals surface area contributed by atoms with E-state index in [2.05, 4.69) is 0 Å². The van der Waals surface area contributed by atoms with Gasteiger partial charge in [-0.2, -0.15) is 0 Å². The first-order valence-corrected chi connectivity index (χ1v) is 4.73. The summed E-state index contributed by atoms with van der Waals surface area (Å²) in [6.07, 6.45) is 0.691. The topological polar surface area (TPSA) is 29.3 Å². The van der Waals surface area contributed by atoms with E-state index in [0.717, 1.165) is 0 Å². The summed E-state index contributed by atoms with van der Waals surface area (Å²) in [6, 6.07) is 1.29. The maximum Gasteiger partial charge on any atom is 0.152 e. The van der Waals surface area contributed by atoms with Gasteiger partial charge in [0.25, 0.3) is 0 Å². The molecule has 0 amide bonds. The van der Waals surface area contributed by atoms with Crippen molar-refractivity contribution in [3.05, 3.63) is 29.6 Å². The molecule has 0 bridgehead atoms. The van der Waals surface area contributed by atoms with E-state index in [1.807, 2.05) is 0 Å². The lowest BCUT2D eigenvalue weighted by molar-refractivity contribution is 0.540. The Kier molecular flexibility index (Phi) is 2.56. The molecule has 0 radical (unpaired) electrons. The van der Waals surface area contributed by atoms with Gasteiger partial charge in [0.2, 0.25) is 0 Å². The van der Waals surface area contributed by atoms with Crippen molar-refractivity contribution < 1.29 is 13.2 Å². The highest BCUT2D eigenvalue weighted by molar-refractivity contribution is 5.50. The van der Waals surface area contributed by atoms with E-state index >= 15 is 0 Å². The van der Waals surface area contributed by atoms with Crippen LogP contribution in [0.1, 0.15) is 6.42 Å². The van der Waals surface area contributed by atoms with Crippen LogP contribution in [0.3, 0.4) is 0 Å². The Morgan fingerprint density at radius 3 is 2.27 bits per heavy atom. The van der Waals surface area contributed by atoms with Crippen molar-refractivity contribution in [2.45, 2.75) is 12.5 Å². The first-order chi connectivity index (χ1) is 7.08. The quantitative estimate of drug-likeness (QED) is 0.773. The lowest BCUT2D eigenvalue weighted by atomic mass is 10.2. The zero-order valence-corrected chi connectivity index (χ0v) is 8.01. The van der Waals surface area contributed by atoms with E-state index in [-0.39, 0.29) is 11.7 Å². The van der Waals surface area contributed by atoms with Crippen molar-refractivity contribution in [2.75, 3.05) is 18.0 Å². The average Bonchev–Trinajstić information content (AvgIpc) is 2.49. The number of hydrogen-bond donors (Lipinski definition) is 1. The van der Waals surface area contributed by atoms with Crippen LogP contribution in [0.25, 0.3) is 0 Å². The summed E-state index contributed by atoms with van der Waals surface area (Å²) in [6.45, 7) is 0.903. The third-order valence-electron chi connectivity index (χ3n) is 2.52. The van der Waals surface area contributed by atoms with E-state index in [4.69, 9.17) is 5.73 Å². The molecule has 0 aliphatic carbocycles. The fourth-order valence-electron chi connectivity index (χ4n) is 1.83. The van der Waals surface area contributed by atoms with Crippen molar-refractivity contribution >= 4 is 5.69 Å². The molecule has 2 rings (SSSR count). The second-order valence-corrected chi connectivity index (χ2v) is 3.71. The Balaban J connectivity index is 2.35. The Labute approximate surface area is 85.5 Å². The molecule has 2 nitrogen and oxygen atoms in total. The molecule has 15 heavy (non-hydrogen) atoms. The van der Waals surface area contributed by atoms with Crippen LogP contribution < -0.4 is 10.6 Å². The number of nitrogens with zero attached hydrogens (tertiary/aromatic N) is 1. The normalized spacial score (nSPS) is 21.1. The van der Waals surface area contributed by atoms with E-state index in [1.54, 1.807) is 0 Å². The maximum absolute atomic E-state index is 13.3. The van der Waals surface area contributed by atoms with Gasteiger partial charge in [-0.15, -0.1) is 0 Å². The molecular weight excluding hydrogens is 205 g/mol. The summed E-state index contributed by atoms with van der Waals surface area (Å²) < 4.78 is 39.3. The Morgan fingerprint density at radius 1 is 1.20 bits per heavy atom. The smallest absolute Gasteiger partial charge is 0.152 e. The van der Waals surface area contributed by atoms with Crippen LogP contribution in [-0.4, -0.2) is 19.1 Å². The third-order valence-corrected chi connectivity index (χ3v) is 2.52. The number of anilines is 1. The number of hydrogen-bond acceptors (Lipinski definition) is 2. The SMILES string of the molecule is NC1CCN(c2c(F)cc(F)cc2F)C1. The lowest BCUT2D eigenvalue weighted by Gasteiger charge is -2.19. The van der Waals surface area contributed by atoms with Gasteiger partial charge < -0.3 is 10.6 Å². The molecule has 1 saturated heterocycles. The Morgan fingerprint density at radius 2 is 1.80 bits per heavy atom. The standard InChI is InChI=1S/C10H11F3N2/c11-6-3-8(12)10(9(13)4-6)15-2-1-7(14)5-15/h3-4,7H,1-2,5,14H2. The second-order valence-electron chi connectivity index (χ2n) is 3.71. The largest absolute Gasteiger partial charge is 0.365 e. The van der Waals surface area contributed by atoms with Crippen molar-refractivity contribution in [3.63, 3.8) is 0 Å². The van der Waals surface area contributed by atoms with E-state index < -0.39 is 17.5 Å². The lowest BCUT2D eigenvalue weighted by Crippen LogP contribution is -2.27. The predicted octanol–water partition coefficient (Wildman–Crippen LogP) is 1.64. The van der Waals surface area contributed by atoms with Crippen LogP contribution in [0.5, 0.6) is 0 Å². The number of nitrogens with two attached hydrogens (primary N) is 1. The van der Waals surface area contributed by atoms with Crippen molar-refractivity contribution in [3.8, 4) is 0 Å². The Bertz CT molecular complexity index is 358. The minimum absolute atomic E-state index is 0.0751. The van der Waals surface area contributed by atoms with Crippen LogP contribution >= 0.6 is 0 Å². The zero-order chi connectivity index (χ0) is 11.0. The van der Waals surface area contributed by atoms with Gasteiger partial charge in [0.05, 0.1) is 0 Å². The van der Waals surface area contributed by atoms with Gasteiger partial charge in [-0.1, -0.05) is 0 Å². The minimum atomic E-state index is -0.905. The monoisotopic (exact) mass is 216 g/mol. The first kappa shape index (κ1) is 10.3. The molecule has 5 heteroatoms. The highest BCUT2D eigenvalue weighted by Gasteiger charge is 2.25. The molecule has 1 aromatic rings. The van der Waals surface area contributed by atoms with E-state index in [0.29, 0.717) is 31.6 Å². The summed E-state index contributed by atoms with van der Waals surface area (Å²) in [5, 5.41) is 0. The highest BCUT2D eigenvalue weighted by Crippen LogP contribution is 2.27. The molecular formula is C10H11F3N2.